The van der Waals surface area contributed by atoms with Gasteiger partial charge in [-0.25, -0.2) is 9.97 Å². The highest BCUT2D eigenvalue weighted by Crippen LogP contribution is 2.07. The molecule has 0 radical (unpaired) electrons. The van der Waals surface area contributed by atoms with E-state index >= 15 is 0 Å². The van der Waals surface area contributed by atoms with Gasteiger partial charge in [0.1, 0.15) is 0 Å². The Bertz CT molecular complexity index is 531. The Balaban J connectivity index is 2.42. The van der Waals surface area contributed by atoms with Crippen LogP contribution in [-0.4, -0.2) is 16.7 Å². The Kier molecular flexibility index (Phi) is 2.51. The summed E-state index contributed by atoms with van der Waals surface area (Å²) in [5.41, 5.74) is 5.90. The normalized spacial score (nSPS) is 10.0. The number of carbonyl (C=O) groups is 2. The molecule has 5 heteroatoms. The zero-order chi connectivity index (χ0) is 11.5. The molecule has 1 heterocycles. The fourth-order valence-corrected chi connectivity index (χ4v) is 1.43. The molecule has 0 spiro atoms. The molecule has 0 fully saturated rings. The lowest BCUT2D eigenvalue weighted by atomic mass is 10.1. The van der Waals surface area contributed by atoms with E-state index < -0.39 is 5.91 Å². The molecule has 2 rings (SSSR count). The van der Waals surface area contributed by atoms with Crippen molar-refractivity contribution in [3.05, 3.63) is 53.6 Å². The van der Waals surface area contributed by atoms with Crippen LogP contribution in [0.1, 0.15) is 26.5 Å². The molecule has 0 aliphatic rings. The third-order valence-electron chi connectivity index (χ3n) is 2.19. The Morgan fingerprint density at radius 3 is 2.50 bits per heavy atom. The lowest BCUT2D eigenvalue weighted by molar-refractivity contribution is -0.379. The van der Waals surface area contributed by atoms with Crippen molar-refractivity contribution in [1.29, 1.82) is 0 Å². The first kappa shape index (κ1) is 10.1. The maximum absolute atomic E-state index is 12.0. The standard InChI is InChI=1S/C11H9N3O2/c12-11(16)9-8(13-6-14-9)10(15)7-4-2-1-3-5-7/h1-6H,(H2,12,16)(H,13,14)/p+1. The number of hydrogen-bond donors (Lipinski definition) is 2. The van der Waals surface area contributed by atoms with Gasteiger partial charge in [-0.15, -0.1) is 0 Å². The van der Waals surface area contributed by atoms with Gasteiger partial charge in [0, 0.05) is 5.56 Å². The van der Waals surface area contributed by atoms with Gasteiger partial charge in [0.05, 0.1) is 0 Å². The number of ketones is 1. The van der Waals surface area contributed by atoms with E-state index in [2.05, 4.69) is 9.97 Å². The third kappa shape index (κ3) is 1.70. The van der Waals surface area contributed by atoms with Crippen LogP contribution in [0.3, 0.4) is 0 Å². The Hall–Kier alpha value is -2.43. The molecule has 4 N–H and O–H groups in total. The highest BCUT2D eigenvalue weighted by atomic mass is 16.1. The van der Waals surface area contributed by atoms with Crippen LogP contribution in [0.2, 0.25) is 0 Å². The van der Waals surface area contributed by atoms with Crippen LogP contribution >= 0.6 is 0 Å². The molecule has 0 aliphatic carbocycles. The summed E-state index contributed by atoms with van der Waals surface area (Å²) in [4.78, 5) is 28.3. The number of aromatic amines is 2. The van der Waals surface area contributed by atoms with Crippen molar-refractivity contribution in [2.24, 2.45) is 5.73 Å². The number of aromatic nitrogens is 2. The molecule has 80 valence electrons. The molecule has 16 heavy (non-hydrogen) atoms. The zero-order valence-corrected chi connectivity index (χ0v) is 8.36. The second kappa shape index (κ2) is 3.98. The molecule has 0 atom stereocenters. The molecule has 0 saturated heterocycles. The summed E-state index contributed by atoms with van der Waals surface area (Å²) in [6.07, 6.45) is 1.40. The van der Waals surface area contributed by atoms with E-state index in [1.807, 2.05) is 6.07 Å². The maximum Gasteiger partial charge on any atom is 0.293 e. The van der Waals surface area contributed by atoms with Crippen LogP contribution in [0.25, 0.3) is 0 Å². The number of rotatable bonds is 3. The SMILES string of the molecule is NC(=O)c1[nH]c[nH+]c1C(=O)c1ccccc1. The Morgan fingerprint density at radius 2 is 1.88 bits per heavy atom. The van der Waals surface area contributed by atoms with E-state index in [1.165, 1.54) is 6.33 Å². The molecule has 1 aromatic carbocycles. The van der Waals surface area contributed by atoms with Crippen LogP contribution in [0.5, 0.6) is 0 Å². The average Bonchev–Trinajstić information content (AvgIpc) is 2.78. The molecular formula is C11H10N3O2+. The van der Waals surface area contributed by atoms with Gasteiger partial charge in [-0.05, 0) is 0 Å². The number of imidazole rings is 1. The smallest absolute Gasteiger partial charge is 0.293 e. The number of hydrogen-bond acceptors (Lipinski definition) is 2. The summed E-state index contributed by atoms with van der Waals surface area (Å²) >= 11 is 0. The fraction of sp³-hybridized carbons (Fsp3) is 0. The van der Waals surface area contributed by atoms with Crippen molar-refractivity contribution in [1.82, 2.24) is 4.98 Å². The molecular weight excluding hydrogens is 206 g/mol. The first-order chi connectivity index (χ1) is 7.70. The average molecular weight is 216 g/mol. The number of nitrogens with two attached hydrogens (primary N) is 1. The first-order valence-electron chi connectivity index (χ1n) is 4.68. The van der Waals surface area contributed by atoms with E-state index in [1.54, 1.807) is 24.3 Å². The van der Waals surface area contributed by atoms with Crippen molar-refractivity contribution in [3.8, 4) is 0 Å². The number of primary amides is 1. The largest absolute Gasteiger partial charge is 0.362 e. The highest BCUT2D eigenvalue weighted by Gasteiger charge is 2.24. The van der Waals surface area contributed by atoms with Crippen LogP contribution in [0.4, 0.5) is 0 Å². The summed E-state index contributed by atoms with van der Waals surface area (Å²) in [6, 6.07) is 8.67. The van der Waals surface area contributed by atoms with Gasteiger partial charge in [-0.2, -0.15) is 0 Å². The number of carbonyl (C=O) groups excluding carboxylic acids is 2. The minimum Gasteiger partial charge on any atom is -0.362 e. The van der Waals surface area contributed by atoms with Gasteiger partial charge in [0.2, 0.25) is 23.5 Å². The van der Waals surface area contributed by atoms with E-state index in [-0.39, 0.29) is 17.2 Å². The quantitative estimate of drug-likeness (QED) is 0.715. The van der Waals surface area contributed by atoms with Crippen LogP contribution in [-0.2, 0) is 0 Å². The summed E-state index contributed by atoms with van der Waals surface area (Å²) in [5, 5.41) is 0. The van der Waals surface area contributed by atoms with Gasteiger partial charge < -0.3 is 5.73 Å². The number of nitrogens with one attached hydrogen (secondary N) is 2. The summed E-state index contributed by atoms with van der Waals surface area (Å²) in [7, 11) is 0. The van der Waals surface area contributed by atoms with Gasteiger partial charge in [0.25, 0.3) is 5.91 Å². The molecule has 0 aliphatic heterocycles. The Morgan fingerprint density at radius 1 is 1.19 bits per heavy atom. The first-order valence-corrected chi connectivity index (χ1v) is 4.68. The molecule has 2 aromatic rings. The monoisotopic (exact) mass is 216 g/mol. The molecule has 1 aromatic heterocycles. The second-order valence-electron chi connectivity index (χ2n) is 3.24. The topological polar surface area (TPSA) is 90.1 Å². The summed E-state index contributed by atoms with van der Waals surface area (Å²) in [5.74, 6) is -0.934. The van der Waals surface area contributed by atoms with Gasteiger partial charge in [0.15, 0.2) is 0 Å². The molecule has 5 nitrogen and oxygen atoms in total. The van der Waals surface area contributed by atoms with Crippen molar-refractivity contribution in [2.75, 3.05) is 0 Å². The molecule has 0 bridgehead atoms. The fourth-order valence-electron chi connectivity index (χ4n) is 1.43. The number of amides is 1. The van der Waals surface area contributed by atoms with Crippen molar-refractivity contribution in [3.63, 3.8) is 0 Å². The zero-order valence-electron chi connectivity index (χ0n) is 8.36. The Labute approximate surface area is 91.3 Å². The highest BCUT2D eigenvalue weighted by molar-refractivity contribution is 6.12. The van der Waals surface area contributed by atoms with Crippen molar-refractivity contribution >= 4 is 11.7 Å². The molecule has 1 amide bonds. The van der Waals surface area contributed by atoms with E-state index in [0.717, 1.165) is 0 Å². The predicted octanol–water partition coefficient (Wildman–Crippen LogP) is 0.159. The van der Waals surface area contributed by atoms with E-state index in [0.29, 0.717) is 5.56 Å². The van der Waals surface area contributed by atoms with Crippen molar-refractivity contribution < 1.29 is 14.6 Å². The maximum atomic E-state index is 12.0. The van der Waals surface area contributed by atoms with E-state index in [9.17, 15) is 9.59 Å². The van der Waals surface area contributed by atoms with Crippen LogP contribution < -0.4 is 10.7 Å². The molecule has 0 unspecified atom stereocenters. The second-order valence-corrected chi connectivity index (χ2v) is 3.24. The number of benzene rings is 1. The van der Waals surface area contributed by atoms with Crippen molar-refractivity contribution in [2.45, 2.75) is 0 Å². The van der Waals surface area contributed by atoms with Gasteiger partial charge in [-0.3, -0.25) is 9.59 Å². The van der Waals surface area contributed by atoms with Crippen LogP contribution in [0, 0.1) is 0 Å². The lowest BCUT2D eigenvalue weighted by Crippen LogP contribution is -2.21. The van der Waals surface area contributed by atoms with E-state index in [4.69, 9.17) is 5.73 Å². The van der Waals surface area contributed by atoms with Crippen LogP contribution in [0.15, 0.2) is 36.7 Å². The number of H-pyrrole nitrogens is 2. The minimum atomic E-state index is -0.666. The minimum absolute atomic E-state index is 0.0915. The summed E-state index contributed by atoms with van der Waals surface area (Å²) < 4.78 is 0. The van der Waals surface area contributed by atoms with Gasteiger partial charge >= 0.3 is 0 Å². The van der Waals surface area contributed by atoms with Gasteiger partial charge in [-0.1, -0.05) is 30.3 Å². The lowest BCUT2D eigenvalue weighted by Gasteiger charge is -1.95. The third-order valence-corrected chi connectivity index (χ3v) is 2.19. The predicted molar refractivity (Wildman–Crippen MR) is 55.7 cm³/mol. The summed E-state index contributed by atoms with van der Waals surface area (Å²) in [6.45, 7) is 0. The molecule has 0 saturated carbocycles.